The Hall–Kier alpha value is -2.49. The average Bonchev–Trinajstić information content (AvgIpc) is 2.45. The number of methoxy groups -OCH3 is 1. The van der Waals surface area contributed by atoms with Crippen molar-refractivity contribution in [3.8, 4) is 5.75 Å². The molecule has 1 amide bonds. The smallest absolute Gasteiger partial charge is 0.251 e. The highest BCUT2D eigenvalue weighted by Gasteiger charge is 2.08. The Labute approximate surface area is 118 Å². The highest BCUT2D eigenvalue weighted by Crippen LogP contribution is 2.20. The van der Waals surface area contributed by atoms with Crippen molar-refractivity contribution in [2.45, 2.75) is 13.5 Å². The molecule has 0 unspecified atom stereocenters. The fraction of sp³-hybridized carbons (Fsp3) is 0.188. The van der Waals surface area contributed by atoms with Gasteiger partial charge in [0.15, 0.2) is 0 Å². The van der Waals surface area contributed by atoms with Crippen molar-refractivity contribution < 1.29 is 9.53 Å². The lowest BCUT2D eigenvalue weighted by molar-refractivity contribution is 0.0950. The minimum absolute atomic E-state index is 0.113. The van der Waals surface area contributed by atoms with Crippen molar-refractivity contribution in [1.82, 2.24) is 5.32 Å². The highest BCUT2D eigenvalue weighted by atomic mass is 16.5. The van der Waals surface area contributed by atoms with E-state index in [0.29, 0.717) is 23.5 Å². The van der Waals surface area contributed by atoms with Crippen LogP contribution in [0.2, 0.25) is 0 Å². The van der Waals surface area contributed by atoms with E-state index in [9.17, 15) is 4.79 Å². The molecule has 0 aliphatic carbocycles. The van der Waals surface area contributed by atoms with Gasteiger partial charge in [-0.15, -0.1) is 0 Å². The number of nitrogen functional groups attached to an aromatic ring is 1. The number of hydrogen-bond acceptors (Lipinski definition) is 3. The first-order chi connectivity index (χ1) is 9.60. The summed E-state index contributed by atoms with van der Waals surface area (Å²) in [6, 6.07) is 12.8. The zero-order valence-electron chi connectivity index (χ0n) is 11.6. The van der Waals surface area contributed by atoms with Gasteiger partial charge in [0.2, 0.25) is 0 Å². The molecular weight excluding hydrogens is 252 g/mol. The standard InChI is InChI=1S/C16H18N2O2/c1-11-4-3-5-12(8-11)16(19)18-10-13-9-14(17)6-7-15(13)20-2/h3-9H,10,17H2,1-2H3,(H,18,19). The Morgan fingerprint density at radius 1 is 1.25 bits per heavy atom. The van der Waals surface area contributed by atoms with Crippen LogP contribution in [0.25, 0.3) is 0 Å². The molecule has 0 spiro atoms. The maximum atomic E-state index is 12.1. The number of nitrogens with one attached hydrogen (secondary N) is 1. The third-order valence-corrected chi connectivity index (χ3v) is 3.02. The van der Waals surface area contributed by atoms with Crippen molar-refractivity contribution in [1.29, 1.82) is 0 Å². The zero-order valence-corrected chi connectivity index (χ0v) is 11.6. The molecule has 2 aromatic carbocycles. The van der Waals surface area contributed by atoms with Crippen molar-refractivity contribution in [3.63, 3.8) is 0 Å². The van der Waals surface area contributed by atoms with Crippen LogP contribution in [0.4, 0.5) is 5.69 Å². The van der Waals surface area contributed by atoms with E-state index >= 15 is 0 Å². The average molecular weight is 270 g/mol. The second kappa shape index (κ2) is 6.10. The van der Waals surface area contributed by atoms with Crippen LogP contribution in [0.1, 0.15) is 21.5 Å². The van der Waals surface area contributed by atoms with Crippen LogP contribution in [-0.2, 0) is 6.54 Å². The summed E-state index contributed by atoms with van der Waals surface area (Å²) in [4.78, 5) is 12.1. The van der Waals surface area contributed by atoms with Crippen molar-refractivity contribution in [3.05, 3.63) is 59.2 Å². The van der Waals surface area contributed by atoms with Crippen LogP contribution in [0, 0.1) is 6.92 Å². The molecule has 0 aliphatic rings. The summed E-state index contributed by atoms with van der Waals surface area (Å²) in [7, 11) is 1.59. The van der Waals surface area contributed by atoms with E-state index in [-0.39, 0.29) is 5.91 Å². The van der Waals surface area contributed by atoms with Gasteiger partial charge in [0.1, 0.15) is 5.75 Å². The molecule has 0 radical (unpaired) electrons. The van der Waals surface area contributed by atoms with Gasteiger partial charge in [0.05, 0.1) is 7.11 Å². The van der Waals surface area contributed by atoms with Crippen LogP contribution in [-0.4, -0.2) is 13.0 Å². The first-order valence-electron chi connectivity index (χ1n) is 6.37. The fourth-order valence-corrected chi connectivity index (χ4v) is 2.00. The number of rotatable bonds is 4. The van der Waals surface area contributed by atoms with Crippen molar-refractivity contribution >= 4 is 11.6 Å². The SMILES string of the molecule is COc1ccc(N)cc1CNC(=O)c1cccc(C)c1. The largest absolute Gasteiger partial charge is 0.496 e. The molecular formula is C16H18N2O2. The summed E-state index contributed by atoms with van der Waals surface area (Å²) >= 11 is 0. The lowest BCUT2D eigenvalue weighted by Gasteiger charge is -2.11. The Bertz CT molecular complexity index is 624. The van der Waals surface area contributed by atoms with Gasteiger partial charge in [0, 0.05) is 23.4 Å². The quantitative estimate of drug-likeness (QED) is 0.839. The number of ether oxygens (including phenoxy) is 1. The minimum atomic E-state index is -0.113. The number of nitrogens with two attached hydrogens (primary N) is 1. The number of amides is 1. The second-order valence-electron chi connectivity index (χ2n) is 4.62. The summed E-state index contributed by atoms with van der Waals surface area (Å²) in [6.45, 7) is 2.33. The Morgan fingerprint density at radius 2 is 2.05 bits per heavy atom. The molecule has 3 N–H and O–H groups in total. The topological polar surface area (TPSA) is 64.3 Å². The number of aryl methyl sites for hydroxylation is 1. The van der Waals surface area contributed by atoms with Gasteiger partial charge in [0.25, 0.3) is 5.91 Å². The molecule has 0 heterocycles. The van der Waals surface area contributed by atoms with Crippen LogP contribution in [0.3, 0.4) is 0 Å². The van der Waals surface area contributed by atoms with E-state index in [0.717, 1.165) is 11.1 Å². The molecule has 0 aromatic heterocycles. The Morgan fingerprint density at radius 3 is 2.75 bits per heavy atom. The monoisotopic (exact) mass is 270 g/mol. The molecule has 0 aliphatic heterocycles. The molecule has 4 nitrogen and oxygen atoms in total. The molecule has 20 heavy (non-hydrogen) atoms. The van der Waals surface area contributed by atoms with E-state index in [4.69, 9.17) is 10.5 Å². The van der Waals surface area contributed by atoms with Gasteiger partial charge in [-0.1, -0.05) is 17.7 Å². The lowest BCUT2D eigenvalue weighted by atomic mass is 10.1. The summed E-state index contributed by atoms with van der Waals surface area (Å²) in [5.41, 5.74) is 8.95. The summed E-state index contributed by atoms with van der Waals surface area (Å²) in [6.07, 6.45) is 0. The normalized spacial score (nSPS) is 10.1. The van der Waals surface area contributed by atoms with Gasteiger partial charge in [-0.2, -0.15) is 0 Å². The van der Waals surface area contributed by atoms with Gasteiger partial charge in [-0.25, -0.2) is 0 Å². The first kappa shape index (κ1) is 13.9. The second-order valence-corrected chi connectivity index (χ2v) is 4.62. The predicted octanol–water partition coefficient (Wildman–Crippen LogP) is 2.52. The number of carbonyl (C=O) groups excluding carboxylic acids is 1. The molecule has 0 saturated heterocycles. The molecule has 2 rings (SSSR count). The molecule has 0 saturated carbocycles. The van der Waals surface area contributed by atoms with Gasteiger partial charge in [-0.05, 0) is 37.3 Å². The molecule has 4 heteroatoms. The maximum Gasteiger partial charge on any atom is 0.251 e. The fourth-order valence-electron chi connectivity index (χ4n) is 2.00. The van der Waals surface area contributed by atoms with Crippen LogP contribution in [0.15, 0.2) is 42.5 Å². The molecule has 0 bridgehead atoms. The number of carbonyl (C=O) groups is 1. The molecule has 104 valence electrons. The van der Waals surface area contributed by atoms with Crippen molar-refractivity contribution in [2.75, 3.05) is 12.8 Å². The number of hydrogen-bond donors (Lipinski definition) is 2. The van der Waals surface area contributed by atoms with E-state index in [1.165, 1.54) is 0 Å². The van der Waals surface area contributed by atoms with Crippen molar-refractivity contribution in [2.24, 2.45) is 0 Å². The van der Waals surface area contributed by atoms with Crippen LogP contribution in [0.5, 0.6) is 5.75 Å². The van der Waals surface area contributed by atoms with Gasteiger partial charge < -0.3 is 15.8 Å². The van der Waals surface area contributed by atoms with E-state index in [1.54, 1.807) is 31.4 Å². The predicted molar refractivity (Wildman–Crippen MR) is 79.8 cm³/mol. The zero-order chi connectivity index (χ0) is 14.5. The lowest BCUT2D eigenvalue weighted by Crippen LogP contribution is -2.23. The van der Waals surface area contributed by atoms with Crippen LogP contribution < -0.4 is 15.8 Å². The van der Waals surface area contributed by atoms with E-state index in [2.05, 4.69) is 5.32 Å². The third-order valence-electron chi connectivity index (χ3n) is 3.02. The third kappa shape index (κ3) is 3.29. The summed E-state index contributed by atoms with van der Waals surface area (Å²) in [5.74, 6) is 0.599. The van der Waals surface area contributed by atoms with Gasteiger partial charge >= 0.3 is 0 Å². The van der Waals surface area contributed by atoms with E-state index < -0.39 is 0 Å². The van der Waals surface area contributed by atoms with E-state index in [1.807, 2.05) is 25.1 Å². The number of anilines is 1. The molecule has 0 fully saturated rings. The van der Waals surface area contributed by atoms with Crippen LogP contribution >= 0.6 is 0 Å². The summed E-state index contributed by atoms with van der Waals surface area (Å²) in [5, 5.41) is 2.87. The maximum absolute atomic E-state index is 12.1. The summed E-state index contributed by atoms with van der Waals surface area (Å²) < 4.78 is 5.25. The Balaban J connectivity index is 2.09. The Kier molecular flexibility index (Phi) is 4.25. The number of benzene rings is 2. The van der Waals surface area contributed by atoms with Gasteiger partial charge in [-0.3, -0.25) is 4.79 Å². The first-order valence-corrected chi connectivity index (χ1v) is 6.37. The molecule has 0 atom stereocenters. The minimum Gasteiger partial charge on any atom is -0.496 e. The molecule has 2 aromatic rings. The highest BCUT2D eigenvalue weighted by molar-refractivity contribution is 5.94.